The molecule has 3 atom stereocenters. The number of esters is 1. The number of anilines is 1. The van der Waals surface area contributed by atoms with Crippen LogP contribution in [0.2, 0.25) is 0 Å². The Kier molecular flexibility index (Phi) is 5.35. The van der Waals surface area contributed by atoms with Crippen LogP contribution in [0, 0.1) is 5.92 Å². The van der Waals surface area contributed by atoms with E-state index in [0.717, 1.165) is 28.9 Å². The van der Waals surface area contributed by atoms with Crippen LogP contribution >= 0.6 is 0 Å². The Hall–Kier alpha value is -3.67. The Balaban J connectivity index is 1.18. The van der Waals surface area contributed by atoms with Gasteiger partial charge >= 0.3 is 5.97 Å². The number of carbonyl (C=O) groups is 2. The zero-order valence-electron chi connectivity index (χ0n) is 17.8. The number of allylic oxidation sites excluding steroid dienone is 4. The first kappa shape index (κ1) is 20.2. The van der Waals surface area contributed by atoms with Gasteiger partial charge in [0, 0.05) is 29.1 Å². The molecule has 0 fully saturated rings. The summed E-state index contributed by atoms with van der Waals surface area (Å²) in [6.45, 7) is 1.32. The van der Waals surface area contributed by atoms with Crippen molar-refractivity contribution in [2.45, 2.75) is 25.3 Å². The van der Waals surface area contributed by atoms with Gasteiger partial charge in [0.1, 0.15) is 0 Å². The first-order valence-corrected chi connectivity index (χ1v) is 10.8. The number of carbonyl (C=O) groups excluding carboxylic acids is 2. The van der Waals surface area contributed by atoms with Gasteiger partial charge in [-0.15, -0.1) is 0 Å². The normalized spacial score (nSPS) is 23.6. The molecule has 2 aromatic carbocycles. The Morgan fingerprint density at radius 3 is 2.62 bits per heavy atom. The average molecular weight is 428 g/mol. The number of oxime groups is 1. The van der Waals surface area contributed by atoms with Crippen molar-refractivity contribution >= 4 is 23.3 Å². The maximum Gasteiger partial charge on any atom is 0.347 e. The zero-order chi connectivity index (χ0) is 22.1. The van der Waals surface area contributed by atoms with Gasteiger partial charge in [0.25, 0.3) is 5.91 Å². The second-order valence-corrected chi connectivity index (χ2v) is 8.26. The molecule has 0 radical (unpaired) electrons. The standard InChI is InChI=1S/C26H24N2O4/c1-17-14-18-8-2-7-13-23(18)28(17)24(29)15-31-25(30)16-32-27-26-21-11-5-3-9-19(21)20-10-4-6-12-22(20)26/h2-13,17,19,21H,14-16H2,1H3. The molecule has 1 aliphatic heterocycles. The molecule has 6 nitrogen and oxygen atoms in total. The highest BCUT2D eigenvalue weighted by Gasteiger charge is 2.36. The summed E-state index contributed by atoms with van der Waals surface area (Å²) >= 11 is 0. The molecule has 3 unspecified atom stereocenters. The van der Waals surface area contributed by atoms with Gasteiger partial charge in [0.05, 0.1) is 5.71 Å². The molecule has 0 N–H and O–H groups in total. The van der Waals surface area contributed by atoms with E-state index in [1.165, 1.54) is 5.56 Å². The number of nitrogens with zero attached hydrogens (tertiary/aromatic N) is 2. The number of benzene rings is 2. The van der Waals surface area contributed by atoms with Crippen LogP contribution in [-0.2, 0) is 25.6 Å². The molecule has 6 heteroatoms. The first-order valence-electron chi connectivity index (χ1n) is 10.8. The monoisotopic (exact) mass is 428 g/mol. The summed E-state index contributed by atoms with van der Waals surface area (Å²) in [6, 6.07) is 15.9. The third-order valence-electron chi connectivity index (χ3n) is 6.22. The van der Waals surface area contributed by atoms with Crippen LogP contribution in [0.4, 0.5) is 5.69 Å². The van der Waals surface area contributed by atoms with Crippen molar-refractivity contribution in [1.29, 1.82) is 0 Å². The van der Waals surface area contributed by atoms with E-state index in [9.17, 15) is 9.59 Å². The van der Waals surface area contributed by atoms with Crippen LogP contribution in [-0.4, -0.2) is 36.8 Å². The first-order chi connectivity index (χ1) is 15.6. The smallest absolute Gasteiger partial charge is 0.347 e. The molecule has 1 heterocycles. The van der Waals surface area contributed by atoms with Gasteiger partial charge in [-0.05, 0) is 30.5 Å². The van der Waals surface area contributed by atoms with Crippen LogP contribution < -0.4 is 4.90 Å². The molecular weight excluding hydrogens is 404 g/mol. The Morgan fingerprint density at radius 2 is 1.75 bits per heavy atom. The van der Waals surface area contributed by atoms with E-state index < -0.39 is 5.97 Å². The Labute approximate surface area is 186 Å². The number of fused-ring (bicyclic) bond motifs is 4. The topological polar surface area (TPSA) is 68.2 Å². The van der Waals surface area contributed by atoms with Crippen molar-refractivity contribution in [3.63, 3.8) is 0 Å². The van der Waals surface area contributed by atoms with Gasteiger partial charge in [0.2, 0.25) is 6.61 Å². The van der Waals surface area contributed by atoms with E-state index in [1.54, 1.807) is 4.90 Å². The number of amides is 1. The van der Waals surface area contributed by atoms with Crippen LogP contribution in [0.3, 0.4) is 0 Å². The molecule has 2 aliphatic carbocycles. The van der Waals surface area contributed by atoms with Crippen molar-refractivity contribution < 1.29 is 19.2 Å². The minimum absolute atomic E-state index is 0.0363. The average Bonchev–Trinajstić information content (AvgIpc) is 3.32. The van der Waals surface area contributed by atoms with Crippen LogP contribution in [0.15, 0.2) is 78.0 Å². The number of rotatable bonds is 5. The lowest BCUT2D eigenvalue weighted by atomic mass is 9.88. The second kappa shape index (κ2) is 8.46. The number of hydrogen-bond acceptors (Lipinski definition) is 5. The molecule has 1 amide bonds. The van der Waals surface area contributed by atoms with Crippen molar-refractivity contribution in [1.82, 2.24) is 0 Å². The molecule has 0 aromatic heterocycles. The zero-order valence-corrected chi connectivity index (χ0v) is 17.8. The summed E-state index contributed by atoms with van der Waals surface area (Å²) in [6.07, 6.45) is 9.09. The van der Waals surface area contributed by atoms with E-state index >= 15 is 0 Å². The highest BCUT2D eigenvalue weighted by atomic mass is 16.7. The molecule has 0 saturated heterocycles. The Morgan fingerprint density at radius 1 is 1.00 bits per heavy atom. The fraction of sp³-hybridized carbons (Fsp3) is 0.269. The van der Waals surface area contributed by atoms with Gasteiger partial charge in [-0.1, -0.05) is 71.9 Å². The third kappa shape index (κ3) is 3.62. The van der Waals surface area contributed by atoms with Gasteiger partial charge < -0.3 is 14.5 Å². The summed E-state index contributed by atoms with van der Waals surface area (Å²) in [5.74, 6) is -0.543. The SMILES string of the molecule is CC1Cc2ccccc2N1C(=O)COC(=O)CON=C1c2ccccc2C2C=CC=CC12. The maximum absolute atomic E-state index is 12.7. The lowest BCUT2D eigenvalue weighted by Crippen LogP contribution is -2.39. The molecule has 32 heavy (non-hydrogen) atoms. The molecule has 0 spiro atoms. The quantitative estimate of drug-likeness (QED) is 0.537. The van der Waals surface area contributed by atoms with Gasteiger partial charge in [-0.2, -0.15) is 0 Å². The summed E-state index contributed by atoms with van der Waals surface area (Å²) in [5.41, 5.74) is 5.04. The largest absolute Gasteiger partial charge is 0.453 e. The highest BCUT2D eigenvalue weighted by molar-refractivity contribution is 6.08. The van der Waals surface area contributed by atoms with E-state index in [0.29, 0.717) is 0 Å². The number of ether oxygens (including phenoxy) is 1. The van der Waals surface area contributed by atoms with Crippen molar-refractivity contribution in [3.05, 3.63) is 89.5 Å². The maximum atomic E-state index is 12.7. The minimum Gasteiger partial charge on any atom is -0.453 e. The molecule has 2 aromatic rings. The number of hydrogen-bond donors (Lipinski definition) is 0. The molecular formula is C26H24N2O4. The second-order valence-electron chi connectivity index (χ2n) is 8.26. The van der Waals surface area contributed by atoms with Crippen molar-refractivity contribution in [3.8, 4) is 0 Å². The Bertz CT molecular complexity index is 1150. The molecule has 0 saturated carbocycles. The summed E-state index contributed by atoms with van der Waals surface area (Å²) < 4.78 is 5.17. The van der Waals surface area contributed by atoms with E-state index in [2.05, 4.69) is 23.4 Å². The fourth-order valence-corrected chi connectivity index (χ4v) is 4.83. The van der Waals surface area contributed by atoms with E-state index in [1.807, 2.05) is 61.5 Å². The van der Waals surface area contributed by atoms with Crippen molar-refractivity contribution in [2.24, 2.45) is 11.1 Å². The van der Waals surface area contributed by atoms with Crippen LogP contribution in [0.25, 0.3) is 0 Å². The molecule has 0 bridgehead atoms. The number of para-hydroxylation sites is 1. The predicted molar refractivity (Wildman–Crippen MR) is 121 cm³/mol. The summed E-state index contributed by atoms with van der Waals surface area (Å²) in [4.78, 5) is 31.9. The predicted octanol–water partition coefficient (Wildman–Crippen LogP) is 3.77. The van der Waals surface area contributed by atoms with E-state index in [4.69, 9.17) is 9.57 Å². The third-order valence-corrected chi connectivity index (χ3v) is 6.22. The van der Waals surface area contributed by atoms with Gasteiger partial charge in [-0.25, -0.2) is 4.79 Å². The highest BCUT2D eigenvalue weighted by Crippen LogP contribution is 2.41. The van der Waals surface area contributed by atoms with Gasteiger partial charge in [-0.3, -0.25) is 4.79 Å². The molecule has 162 valence electrons. The van der Waals surface area contributed by atoms with Crippen LogP contribution in [0.1, 0.15) is 29.5 Å². The lowest BCUT2D eigenvalue weighted by Gasteiger charge is -2.22. The summed E-state index contributed by atoms with van der Waals surface area (Å²) in [7, 11) is 0. The lowest BCUT2D eigenvalue weighted by molar-refractivity contribution is -0.152. The fourth-order valence-electron chi connectivity index (χ4n) is 4.83. The molecule has 5 rings (SSSR count). The van der Waals surface area contributed by atoms with E-state index in [-0.39, 0.29) is 37.0 Å². The van der Waals surface area contributed by atoms with Gasteiger partial charge in [0.15, 0.2) is 6.61 Å². The summed E-state index contributed by atoms with van der Waals surface area (Å²) in [5, 5.41) is 4.27. The minimum atomic E-state index is -0.621. The molecule has 3 aliphatic rings. The van der Waals surface area contributed by atoms with Crippen LogP contribution in [0.5, 0.6) is 0 Å². The van der Waals surface area contributed by atoms with Crippen molar-refractivity contribution in [2.75, 3.05) is 18.1 Å².